The van der Waals surface area contributed by atoms with Crippen LogP contribution in [0.15, 0.2) is 22.7 Å². The third-order valence-electron chi connectivity index (χ3n) is 3.39. The van der Waals surface area contributed by atoms with E-state index < -0.39 is 0 Å². The minimum absolute atomic E-state index is 0.0985. The van der Waals surface area contributed by atoms with E-state index in [0.717, 1.165) is 10.0 Å². The predicted molar refractivity (Wildman–Crippen MR) is 77.5 cm³/mol. The van der Waals surface area contributed by atoms with E-state index in [1.165, 1.54) is 0 Å². The fourth-order valence-electron chi connectivity index (χ4n) is 1.67. The van der Waals surface area contributed by atoms with Crippen molar-refractivity contribution in [3.63, 3.8) is 0 Å². The Morgan fingerprint density at radius 1 is 1.35 bits per heavy atom. The second-order valence-electron chi connectivity index (χ2n) is 5.66. The Kier molecular flexibility index (Phi) is 5.06. The second kappa shape index (κ2) is 5.73. The number of rotatable bonds is 3. The molecule has 0 aliphatic heterocycles. The van der Waals surface area contributed by atoms with Crippen LogP contribution in [0.25, 0.3) is 0 Å². The molecular weight excluding hydrogens is 300 g/mol. The van der Waals surface area contributed by atoms with Gasteiger partial charge < -0.3 is 5.11 Å². The number of hydrogen-bond donors (Lipinski definition) is 1. The summed E-state index contributed by atoms with van der Waals surface area (Å²) in [5.74, 6) is 0.224. The van der Waals surface area contributed by atoms with E-state index in [1.54, 1.807) is 0 Å². The molecule has 0 heterocycles. The van der Waals surface area contributed by atoms with E-state index in [0.29, 0.717) is 11.4 Å². The largest absolute Gasteiger partial charge is 0.392 e. The van der Waals surface area contributed by atoms with Crippen LogP contribution in [0.1, 0.15) is 33.3 Å². The first-order valence-electron chi connectivity index (χ1n) is 5.84. The Morgan fingerprint density at radius 2 is 1.94 bits per heavy atom. The molecule has 0 aliphatic carbocycles. The third kappa shape index (κ3) is 4.27. The Morgan fingerprint density at radius 3 is 2.41 bits per heavy atom. The van der Waals surface area contributed by atoms with E-state index in [4.69, 9.17) is 11.6 Å². The molecule has 2 atom stereocenters. The lowest BCUT2D eigenvalue weighted by atomic mass is 9.77. The van der Waals surface area contributed by atoms with Crippen LogP contribution in [0.2, 0.25) is 5.02 Å². The third-order valence-corrected chi connectivity index (χ3v) is 4.23. The number of aliphatic hydroxyl groups is 1. The van der Waals surface area contributed by atoms with Crippen molar-refractivity contribution in [1.82, 2.24) is 0 Å². The van der Waals surface area contributed by atoms with Gasteiger partial charge in [-0.3, -0.25) is 0 Å². The Labute approximate surface area is 117 Å². The number of aliphatic hydroxyl groups excluding tert-OH is 1. The lowest BCUT2D eigenvalue weighted by Gasteiger charge is -2.31. The molecule has 17 heavy (non-hydrogen) atoms. The summed E-state index contributed by atoms with van der Waals surface area (Å²) >= 11 is 9.53. The zero-order valence-corrected chi connectivity index (χ0v) is 13.1. The van der Waals surface area contributed by atoms with Crippen molar-refractivity contribution in [1.29, 1.82) is 0 Å². The molecule has 1 N–H and O–H groups in total. The minimum Gasteiger partial charge on any atom is -0.392 e. The molecule has 96 valence electrons. The highest BCUT2D eigenvalue weighted by molar-refractivity contribution is 9.10. The summed E-state index contributed by atoms with van der Waals surface area (Å²) in [6.07, 6.45) is 0.235. The summed E-state index contributed by atoms with van der Waals surface area (Å²) in [5.41, 5.74) is 1.10. The van der Waals surface area contributed by atoms with Crippen LogP contribution >= 0.6 is 27.5 Å². The molecule has 1 aromatic carbocycles. The lowest BCUT2D eigenvalue weighted by Crippen LogP contribution is -2.31. The highest BCUT2D eigenvalue weighted by Crippen LogP contribution is 2.31. The fourth-order valence-corrected chi connectivity index (χ4v) is 2.42. The van der Waals surface area contributed by atoms with Crippen molar-refractivity contribution in [2.75, 3.05) is 0 Å². The first-order chi connectivity index (χ1) is 7.71. The summed E-state index contributed by atoms with van der Waals surface area (Å²) in [6, 6.07) is 5.78. The molecule has 0 fully saturated rings. The van der Waals surface area contributed by atoms with Gasteiger partial charge in [-0.25, -0.2) is 0 Å². The Hall–Kier alpha value is -0.0500. The van der Waals surface area contributed by atoms with E-state index >= 15 is 0 Å². The molecule has 1 aromatic rings. The topological polar surface area (TPSA) is 20.2 Å². The van der Waals surface area contributed by atoms with Gasteiger partial charge in [0.25, 0.3) is 0 Å². The number of hydrogen-bond acceptors (Lipinski definition) is 1. The quantitative estimate of drug-likeness (QED) is 0.857. The SMILES string of the molecule is CC(C(O)Cc1ccc(Br)cc1Cl)C(C)(C)C. The summed E-state index contributed by atoms with van der Waals surface area (Å²) in [4.78, 5) is 0. The molecule has 1 nitrogen and oxygen atoms in total. The monoisotopic (exact) mass is 318 g/mol. The van der Waals surface area contributed by atoms with Crippen molar-refractivity contribution in [2.24, 2.45) is 11.3 Å². The standard InChI is InChI=1S/C14H20BrClO/c1-9(14(2,3)4)13(17)7-10-5-6-11(15)8-12(10)16/h5-6,8-9,13,17H,7H2,1-4H3. The molecular formula is C14H20BrClO. The molecule has 0 bridgehead atoms. The highest BCUT2D eigenvalue weighted by Gasteiger charge is 2.27. The van der Waals surface area contributed by atoms with E-state index in [2.05, 4.69) is 43.6 Å². The molecule has 0 saturated heterocycles. The maximum atomic E-state index is 10.2. The van der Waals surface area contributed by atoms with Crippen LogP contribution in [0, 0.1) is 11.3 Å². The molecule has 0 saturated carbocycles. The van der Waals surface area contributed by atoms with Crippen LogP contribution in [0.3, 0.4) is 0 Å². The van der Waals surface area contributed by atoms with Gasteiger partial charge in [-0.1, -0.05) is 61.3 Å². The summed E-state index contributed by atoms with van der Waals surface area (Å²) < 4.78 is 0.963. The molecule has 1 rings (SSSR count). The van der Waals surface area contributed by atoms with Crippen molar-refractivity contribution in [2.45, 2.75) is 40.2 Å². The van der Waals surface area contributed by atoms with E-state index in [1.807, 2.05) is 18.2 Å². The fraction of sp³-hybridized carbons (Fsp3) is 0.571. The lowest BCUT2D eigenvalue weighted by molar-refractivity contribution is 0.0546. The van der Waals surface area contributed by atoms with Crippen LogP contribution in [0.4, 0.5) is 0 Å². The van der Waals surface area contributed by atoms with Crippen LogP contribution in [-0.2, 0) is 6.42 Å². The smallest absolute Gasteiger partial charge is 0.0611 e. The maximum absolute atomic E-state index is 10.2. The Bertz CT molecular complexity index is 384. The van der Waals surface area contributed by atoms with Crippen LogP contribution in [0.5, 0.6) is 0 Å². The Balaban J connectivity index is 2.78. The zero-order chi connectivity index (χ0) is 13.2. The van der Waals surface area contributed by atoms with Crippen molar-refractivity contribution in [3.05, 3.63) is 33.3 Å². The van der Waals surface area contributed by atoms with Gasteiger partial charge in [0.2, 0.25) is 0 Å². The highest BCUT2D eigenvalue weighted by atomic mass is 79.9. The molecule has 0 radical (unpaired) electrons. The average molecular weight is 320 g/mol. The van der Waals surface area contributed by atoms with Gasteiger partial charge in [-0.2, -0.15) is 0 Å². The van der Waals surface area contributed by atoms with Gasteiger partial charge in [0, 0.05) is 15.9 Å². The predicted octanol–water partition coefficient (Wildman–Crippen LogP) is 4.69. The molecule has 0 aromatic heterocycles. The van der Waals surface area contributed by atoms with Gasteiger partial charge in [-0.05, 0) is 29.0 Å². The van der Waals surface area contributed by atoms with Crippen LogP contribution < -0.4 is 0 Å². The van der Waals surface area contributed by atoms with Crippen molar-refractivity contribution < 1.29 is 5.11 Å². The van der Waals surface area contributed by atoms with Gasteiger partial charge in [-0.15, -0.1) is 0 Å². The normalized spacial score (nSPS) is 15.7. The maximum Gasteiger partial charge on any atom is 0.0611 e. The van der Waals surface area contributed by atoms with Gasteiger partial charge >= 0.3 is 0 Å². The first kappa shape index (κ1) is 15.0. The average Bonchev–Trinajstić information content (AvgIpc) is 2.19. The zero-order valence-electron chi connectivity index (χ0n) is 10.8. The van der Waals surface area contributed by atoms with Gasteiger partial charge in [0.15, 0.2) is 0 Å². The summed E-state index contributed by atoms with van der Waals surface area (Å²) in [7, 11) is 0. The molecule has 0 spiro atoms. The molecule has 3 heteroatoms. The number of benzene rings is 1. The summed E-state index contributed by atoms with van der Waals surface area (Å²) in [6.45, 7) is 8.51. The van der Waals surface area contributed by atoms with E-state index in [-0.39, 0.29) is 17.4 Å². The molecule has 2 unspecified atom stereocenters. The number of halogens is 2. The first-order valence-corrected chi connectivity index (χ1v) is 7.01. The van der Waals surface area contributed by atoms with Gasteiger partial charge in [0.1, 0.15) is 0 Å². The van der Waals surface area contributed by atoms with E-state index in [9.17, 15) is 5.11 Å². The van der Waals surface area contributed by atoms with Crippen molar-refractivity contribution >= 4 is 27.5 Å². The molecule has 0 aliphatic rings. The minimum atomic E-state index is -0.367. The van der Waals surface area contributed by atoms with Gasteiger partial charge in [0.05, 0.1) is 6.10 Å². The van der Waals surface area contributed by atoms with Crippen molar-refractivity contribution in [3.8, 4) is 0 Å². The summed E-state index contributed by atoms with van der Waals surface area (Å²) in [5, 5.41) is 10.9. The molecule has 0 amide bonds. The second-order valence-corrected chi connectivity index (χ2v) is 6.98. The van der Waals surface area contributed by atoms with Crippen LogP contribution in [-0.4, -0.2) is 11.2 Å².